The molecule has 0 radical (unpaired) electrons. The van der Waals surface area contributed by atoms with Crippen LogP contribution in [0.3, 0.4) is 0 Å². The predicted octanol–water partition coefficient (Wildman–Crippen LogP) is 7.62. The molecule has 3 atom stereocenters. The van der Waals surface area contributed by atoms with E-state index in [9.17, 15) is 116 Å². The molecule has 730 valence electrons. The van der Waals surface area contributed by atoms with E-state index in [0.29, 0.717) is 101 Å². The van der Waals surface area contributed by atoms with E-state index < -0.39 is 152 Å². The molecule has 2 saturated heterocycles. The monoisotopic (exact) mass is 2030 g/mol. The second-order valence-electron chi connectivity index (χ2n) is 30.2. The molecule has 3 aromatic heterocycles. The van der Waals surface area contributed by atoms with Crippen LogP contribution in [0.1, 0.15) is 79.7 Å². The van der Waals surface area contributed by atoms with Crippen molar-refractivity contribution in [3.63, 3.8) is 0 Å². The Bertz CT molecular complexity index is 7920. The minimum atomic E-state index is -4.81. The zero-order valence-corrected chi connectivity index (χ0v) is 79.9. The number of nitrogens with zero attached hydrogens (tertiary/aromatic N) is 10. The van der Waals surface area contributed by atoms with Crippen molar-refractivity contribution >= 4 is 225 Å². The summed E-state index contributed by atoms with van der Waals surface area (Å²) in [6.45, 7) is 7.35. The van der Waals surface area contributed by atoms with Gasteiger partial charge in [0.2, 0.25) is 41.8 Å². The van der Waals surface area contributed by atoms with Gasteiger partial charge in [0.1, 0.15) is 28.6 Å². The third kappa shape index (κ3) is 27.5. The second-order valence-corrected chi connectivity index (χ2v) is 35.1. The van der Waals surface area contributed by atoms with Crippen molar-refractivity contribution in [3.8, 4) is 0 Å². The number of nitrogens with one attached hydrogen (secondary N) is 9. The molecule has 11 amide bonds. The number of fused-ring (bicyclic) bond motifs is 5. The van der Waals surface area contributed by atoms with E-state index in [1.54, 1.807) is 55.5 Å². The van der Waals surface area contributed by atoms with Crippen LogP contribution in [0.2, 0.25) is 0 Å². The maximum absolute atomic E-state index is 12.9. The molecule has 2 aliphatic heterocycles. The fourth-order valence-corrected chi connectivity index (χ4v) is 15.5. The Morgan fingerprint density at radius 2 is 0.887 bits per heavy atom. The first kappa shape index (κ1) is 108. The normalized spacial score (nSPS) is 13.6. The summed E-state index contributed by atoms with van der Waals surface area (Å²) >= 11 is 0.640. The Morgan fingerprint density at radius 1 is 0.472 bits per heavy atom. The van der Waals surface area contributed by atoms with Gasteiger partial charge in [-0.1, -0.05) is 42.6 Å². The van der Waals surface area contributed by atoms with Gasteiger partial charge in [-0.15, -0.1) is 4.33 Å². The Balaban J connectivity index is 0.000000186. The number of hydrogen-bond acceptors (Lipinski definition) is 34. The van der Waals surface area contributed by atoms with E-state index in [0.717, 1.165) is 52.0 Å². The van der Waals surface area contributed by atoms with Crippen LogP contribution in [-0.2, 0) is 87.7 Å². The van der Waals surface area contributed by atoms with Gasteiger partial charge in [0.25, 0.3) is 38.0 Å². The number of carbonyl (C=O) groups is 14. The number of aryl methyl sites for hydroxylation is 1. The summed E-state index contributed by atoms with van der Waals surface area (Å²) in [5.41, 5.74) is 3.92. The number of azo groups is 3. The standard InChI is InChI=1S/C22H19N5O9S2.C21H17N5O6S.C17H15N5O6S.C15H16N2O5.C12H10N2O5.Na/c1-10-5-14(37-36-35-31)6-12-7-15(38(32,33)34)9-18(19(10)12)26-27-20(11(2)28)21(29)23-13-3-4-16-17(8-13)25-22(30)24-16;1-11(27)19(20(28)22-14-5-7-17-18(10-14)24-21(29)23-17)26-25-15-4-2-13-9-16(33(30,31)32)6-3-12(13)8-15;1-9(23)15(22-21-12-4-2-3-5-14(12)29(26,27)28)16(24)18-10-6-7-11-13(8-10)20-17(25)19-11;1-2-3-8-16-12(18)9-13(19)17(15(16)22)11-6-4-10(5-7-11)14(20)21;1-13-9(15)6-10(16)14(12(13)19)8-4-2-7(3-5-8)11(17)18;/h3-9,20,31H,1-2H3,(H,23,29)(H2,24,25,30)(H,32,33,34);2-10,19H,1H3,(H,22,28)(H2,23,24,29)(H,30,31,32);2-8,15H,1H3,(H,18,24)(H2,19,20,25)(H,26,27,28);4-7H,2-3,8-9H2,1H3,(H,20,21);2-5H,6H2,1H3,(H,17,18);/q;;;;;+1/p-1. The van der Waals surface area contributed by atoms with Crippen LogP contribution in [-0.4, -0.2) is 209 Å². The fraction of sp³-hybridized carbons (Fsp3) is 0.161. The second kappa shape index (κ2) is 46.6. The first-order valence-electron chi connectivity index (χ1n) is 40.6. The number of hydrogen-bond donors (Lipinski definition) is 14. The molecule has 2 aliphatic rings. The predicted molar refractivity (Wildman–Crippen MR) is 498 cm³/mol. The summed E-state index contributed by atoms with van der Waals surface area (Å²) in [7, 11) is -12.5. The van der Waals surface area contributed by atoms with Crippen LogP contribution in [0, 0.1) is 6.92 Å². The number of unbranched alkanes of at least 4 members (excludes halogenated alkanes) is 1. The minimum Gasteiger partial charge on any atom is -0.744 e. The van der Waals surface area contributed by atoms with E-state index >= 15 is 0 Å². The van der Waals surface area contributed by atoms with Crippen LogP contribution in [0.25, 0.3) is 54.6 Å². The molecule has 50 nitrogen and oxygen atoms in total. The number of Topliss-reactive ketones (excluding diaryl/α,β-unsaturated/α-hetero) is 3. The number of rotatable bonds is 28. The number of anilines is 5. The van der Waals surface area contributed by atoms with E-state index in [-0.39, 0.29) is 99.1 Å². The molecule has 142 heavy (non-hydrogen) atoms. The van der Waals surface area contributed by atoms with Crippen LogP contribution in [0.15, 0.2) is 253 Å². The van der Waals surface area contributed by atoms with E-state index in [4.69, 9.17) is 20.0 Å². The van der Waals surface area contributed by atoms with Crippen LogP contribution in [0.5, 0.6) is 0 Å². The third-order valence-corrected chi connectivity index (χ3v) is 23.2. The third-order valence-electron chi connectivity index (χ3n) is 20.1. The molecule has 0 spiro atoms. The summed E-state index contributed by atoms with van der Waals surface area (Å²) in [6.07, 6.45) is 0.731. The molecular weight excluding hydrogens is 1960 g/mol. The topological polar surface area (TPSA) is 753 Å². The molecule has 2 fully saturated rings. The number of urea groups is 2. The number of imidazole rings is 3. The molecule has 55 heteroatoms. The summed E-state index contributed by atoms with van der Waals surface area (Å²) < 4.78 is 103. The summed E-state index contributed by atoms with van der Waals surface area (Å²) in [6, 6.07) is 37.7. The number of aromatic nitrogens is 6. The van der Waals surface area contributed by atoms with Crippen molar-refractivity contribution < 1.29 is 160 Å². The molecule has 14 N–H and O–H groups in total. The van der Waals surface area contributed by atoms with Crippen molar-refractivity contribution in [2.45, 2.75) is 98.0 Å². The van der Waals surface area contributed by atoms with Gasteiger partial charge in [-0.2, -0.15) is 47.5 Å². The molecular formula is C87H76N19NaO31S4. The number of carboxylic acid groups (broad SMARTS) is 2. The first-order chi connectivity index (χ1) is 66.6. The number of carbonyl (C=O) groups excluding carboxylic acids is 12. The molecule has 0 aliphatic carbocycles. The molecule has 5 heterocycles. The number of amides is 11. The number of aromatic carboxylic acids is 2. The number of H-pyrrole nitrogens is 6. The molecule has 0 bridgehead atoms. The summed E-state index contributed by atoms with van der Waals surface area (Å²) in [5.74, 6) is -8.63. The van der Waals surface area contributed by atoms with Crippen molar-refractivity contribution in [2.24, 2.45) is 30.7 Å². The van der Waals surface area contributed by atoms with E-state index in [1.807, 2.05) is 6.92 Å². The van der Waals surface area contributed by atoms with E-state index in [1.165, 1.54) is 141 Å². The minimum absolute atomic E-state index is 0. The van der Waals surface area contributed by atoms with Gasteiger partial charge in [0.15, 0.2) is 17.3 Å². The first-order valence-corrected chi connectivity index (χ1v) is 45.7. The Hall–Kier alpha value is -16.1. The van der Waals surface area contributed by atoms with Crippen molar-refractivity contribution in [2.75, 3.05) is 39.3 Å². The summed E-state index contributed by atoms with van der Waals surface area (Å²) in [4.78, 5) is 219. The average molecular weight is 2030 g/mol. The van der Waals surface area contributed by atoms with E-state index in [2.05, 4.69) is 85.9 Å². The number of aromatic amines is 6. The van der Waals surface area contributed by atoms with Crippen LogP contribution >= 0.6 is 12.0 Å². The van der Waals surface area contributed by atoms with Crippen molar-refractivity contribution in [1.29, 1.82) is 0 Å². The number of carboxylic acids is 2. The van der Waals surface area contributed by atoms with Gasteiger partial charge in [-0.05, 0) is 220 Å². The number of barbiturate groups is 2. The quantitative estimate of drug-likeness (QED) is 0.00426. The maximum atomic E-state index is 12.9. The molecule has 13 aromatic rings. The molecule has 3 unspecified atom stereocenters. The Labute approximate surface area is 824 Å². The molecule has 0 saturated carbocycles. The van der Waals surface area contributed by atoms with Gasteiger partial charge in [-0.3, -0.25) is 66.9 Å². The van der Waals surface area contributed by atoms with Gasteiger partial charge < -0.3 is 60.6 Å². The number of imide groups is 4. The van der Waals surface area contributed by atoms with Crippen LogP contribution < -0.4 is 72.4 Å². The van der Waals surface area contributed by atoms with Crippen LogP contribution in [0.4, 0.5) is 55.1 Å². The smallest absolute Gasteiger partial charge is 0.744 e. The maximum Gasteiger partial charge on any atom is 1.00 e. The largest absolute Gasteiger partial charge is 1.00 e. The zero-order valence-electron chi connectivity index (χ0n) is 74.6. The van der Waals surface area contributed by atoms with Gasteiger partial charge in [0, 0.05) is 40.9 Å². The summed E-state index contributed by atoms with van der Waals surface area (Å²) in [5, 5.41) is 62.1. The molecule has 10 aromatic carbocycles. The SMILES string of the molecule is CC(=O)C(N=Nc1cc(S(=O)(=O)O)cc2cc(SOOO)cc(C)c12)C(=O)Nc1ccc2[nH]c(=O)[nH]c2c1.CC(=O)C(N=Nc1ccc2cc(S(=O)(=O)O)ccc2c1)C(=O)Nc1ccc2[nH]c(=O)[nH]c2c1.CC(=O)C(N=Nc1ccccc1S(=O)(=O)[O-])C(=O)Nc1ccc2[nH]c(=O)[nH]c2c1.CCCCN1C(=O)CC(=O)N(c2ccc(C(=O)O)cc2)C1=O.CN1C(=O)CC(=O)N(c2ccc(C(=O)O)cc2)C1=O.[Na+]. The fourth-order valence-electron chi connectivity index (χ4n) is 13.3. The Morgan fingerprint density at radius 3 is 1.32 bits per heavy atom. The number of ketones is 3. The Kier molecular flexibility index (Phi) is 35.4. The van der Waals surface area contributed by atoms with Gasteiger partial charge in [0.05, 0.1) is 93.7 Å². The van der Waals surface area contributed by atoms with Crippen molar-refractivity contribution in [1.82, 2.24) is 39.7 Å². The average Bonchev–Trinajstić information content (AvgIpc) is 0.965. The van der Waals surface area contributed by atoms with Crippen molar-refractivity contribution in [3.05, 3.63) is 236 Å². The molecule has 15 rings (SSSR count). The number of benzene rings is 10. The van der Waals surface area contributed by atoms with Gasteiger partial charge >= 0.3 is 70.6 Å². The van der Waals surface area contributed by atoms with Gasteiger partial charge in [-0.25, -0.2) is 57.0 Å². The zero-order chi connectivity index (χ0) is 103.